The van der Waals surface area contributed by atoms with Crippen LogP contribution in [0.15, 0.2) is 46.9 Å². The van der Waals surface area contributed by atoms with E-state index in [9.17, 15) is 9.59 Å². The minimum atomic E-state index is -0.559. The number of hydrogen-bond donors (Lipinski definition) is 2. The minimum absolute atomic E-state index is 0.276. The second-order valence-corrected chi connectivity index (χ2v) is 6.48. The fourth-order valence-corrected chi connectivity index (χ4v) is 1.94. The first-order valence-corrected chi connectivity index (χ1v) is 7.87. The van der Waals surface area contributed by atoms with E-state index in [2.05, 4.69) is 10.6 Å². The molecule has 132 valence electrons. The third kappa shape index (κ3) is 6.55. The average molecular weight is 342 g/mol. The van der Waals surface area contributed by atoms with Gasteiger partial charge in [-0.15, -0.1) is 0 Å². The minimum Gasteiger partial charge on any atom is -0.462 e. The van der Waals surface area contributed by atoms with E-state index in [1.54, 1.807) is 57.2 Å². The summed E-state index contributed by atoms with van der Waals surface area (Å²) in [5.74, 6) is 1.12. The molecule has 25 heavy (non-hydrogen) atoms. The first kappa shape index (κ1) is 18.3. The molecular formula is C19H22N2O4. The molecule has 0 saturated carbocycles. The van der Waals surface area contributed by atoms with E-state index in [0.717, 1.165) is 5.76 Å². The smallest absolute Gasteiger partial charge is 0.412 e. The van der Waals surface area contributed by atoms with Crippen LogP contribution in [0.2, 0.25) is 0 Å². The fraction of sp³-hybridized carbons (Fsp3) is 0.263. The van der Waals surface area contributed by atoms with Gasteiger partial charge in [0.15, 0.2) is 0 Å². The molecule has 0 radical (unpaired) electrons. The molecule has 0 fully saturated rings. The molecule has 6 heteroatoms. The van der Waals surface area contributed by atoms with E-state index in [1.165, 1.54) is 6.08 Å². The first-order chi connectivity index (χ1) is 11.7. The summed E-state index contributed by atoms with van der Waals surface area (Å²) in [5.41, 5.74) is 0.630. The van der Waals surface area contributed by atoms with Crippen LogP contribution in [-0.4, -0.2) is 17.6 Å². The van der Waals surface area contributed by atoms with Gasteiger partial charge in [0.25, 0.3) is 0 Å². The molecular weight excluding hydrogens is 320 g/mol. The van der Waals surface area contributed by atoms with Gasteiger partial charge in [0.2, 0.25) is 5.91 Å². The highest BCUT2D eigenvalue weighted by atomic mass is 16.6. The van der Waals surface area contributed by atoms with Gasteiger partial charge in [-0.2, -0.15) is 0 Å². The molecule has 0 spiro atoms. The van der Waals surface area contributed by atoms with Crippen LogP contribution in [0.1, 0.15) is 32.3 Å². The van der Waals surface area contributed by atoms with Crippen molar-refractivity contribution in [1.29, 1.82) is 0 Å². The lowest BCUT2D eigenvalue weighted by atomic mass is 10.2. The number of hydrogen-bond acceptors (Lipinski definition) is 4. The third-order valence-corrected chi connectivity index (χ3v) is 2.96. The largest absolute Gasteiger partial charge is 0.462 e. The van der Waals surface area contributed by atoms with E-state index in [0.29, 0.717) is 17.1 Å². The number of amides is 2. The van der Waals surface area contributed by atoms with Gasteiger partial charge < -0.3 is 14.5 Å². The number of nitrogens with one attached hydrogen (secondary N) is 2. The van der Waals surface area contributed by atoms with E-state index in [1.807, 2.05) is 13.0 Å². The highest BCUT2D eigenvalue weighted by molar-refractivity contribution is 6.01. The summed E-state index contributed by atoms with van der Waals surface area (Å²) in [5, 5.41) is 5.35. The molecule has 1 aromatic heterocycles. The normalized spacial score (nSPS) is 11.4. The summed E-state index contributed by atoms with van der Waals surface area (Å²) in [6.07, 6.45) is 2.47. The molecule has 0 aliphatic heterocycles. The second-order valence-electron chi connectivity index (χ2n) is 6.48. The Morgan fingerprint density at radius 1 is 1.00 bits per heavy atom. The van der Waals surface area contributed by atoms with Crippen molar-refractivity contribution in [3.63, 3.8) is 0 Å². The van der Waals surface area contributed by atoms with E-state index >= 15 is 0 Å². The molecule has 0 atom stereocenters. The van der Waals surface area contributed by atoms with Crippen LogP contribution in [0.4, 0.5) is 16.2 Å². The fourth-order valence-electron chi connectivity index (χ4n) is 1.94. The summed E-state index contributed by atoms with van der Waals surface area (Å²) in [7, 11) is 0. The Morgan fingerprint density at radius 3 is 2.12 bits per heavy atom. The number of aryl methyl sites for hydroxylation is 1. The predicted molar refractivity (Wildman–Crippen MR) is 97.4 cm³/mol. The first-order valence-electron chi connectivity index (χ1n) is 7.87. The zero-order valence-electron chi connectivity index (χ0n) is 14.8. The molecule has 1 heterocycles. The van der Waals surface area contributed by atoms with Gasteiger partial charge in [0.1, 0.15) is 17.1 Å². The third-order valence-electron chi connectivity index (χ3n) is 2.96. The van der Waals surface area contributed by atoms with Crippen LogP contribution < -0.4 is 10.6 Å². The van der Waals surface area contributed by atoms with Gasteiger partial charge in [-0.25, -0.2) is 4.79 Å². The lowest BCUT2D eigenvalue weighted by Crippen LogP contribution is -2.27. The van der Waals surface area contributed by atoms with E-state index < -0.39 is 11.7 Å². The van der Waals surface area contributed by atoms with Gasteiger partial charge >= 0.3 is 6.09 Å². The van der Waals surface area contributed by atoms with Crippen molar-refractivity contribution in [3.8, 4) is 0 Å². The molecule has 0 saturated heterocycles. The summed E-state index contributed by atoms with van der Waals surface area (Å²) < 4.78 is 10.5. The van der Waals surface area contributed by atoms with Crippen LogP contribution in [0.5, 0.6) is 0 Å². The van der Waals surface area contributed by atoms with Crippen LogP contribution in [0, 0.1) is 6.92 Å². The second kappa shape index (κ2) is 7.70. The number of carbonyl (C=O) groups excluding carboxylic acids is 2. The topological polar surface area (TPSA) is 80.6 Å². The molecule has 1 aromatic carbocycles. The molecule has 0 aliphatic rings. The molecule has 2 aromatic rings. The van der Waals surface area contributed by atoms with Gasteiger partial charge in [0.05, 0.1) is 0 Å². The van der Waals surface area contributed by atoms with Crippen LogP contribution >= 0.6 is 0 Å². The number of anilines is 2. The van der Waals surface area contributed by atoms with Crippen molar-refractivity contribution in [3.05, 3.63) is 54.0 Å². The lowest BCUT2D eigenvalue weighted by molar-refractivity contribution is -0.111. The van der Waals surface area contributed by atoms with E-state index in [-0.39, 0.29) is 5.91 Å². The maximum absolute atomic E-state index is 11.9. The van der Waals surface area contributed by atoms with Crippen molar-refractivity contribution in [1.82, 2.24) is 0 Å². The standard InChI is InChI=1S/C19H22N2O4/c1-13-5-10-16(24-13)11-12-17(22)20-14-6-8-15(9-7-14)21-18(23)25-19(2,3)4/h5-12H,1-4H3,(H,20,22)(H,21,23). The quantitative estimate of drug-likeness (QED) is 0.797. The Hall–Kier alpha value is -3.02. The number of benzene rings is 1. The molecule has 0 bridgehead atoms. The Balaban J connectivity index is 1.88. The highest BCUT2D eigenvalue weighted by Gasteiger charge is 2.16. The van der Waals surface area contributed by atoms with Crippen molar-refractivity contribution in [2.75, 3.05) is 10.6 Å². The van der Waals surface area contributed by atoms with Crippen LogP contribution in [0.3, 0.4) is 0 Å². The maximum atomic E-state index is 11.9. The number of ether oxygens (including phenoxy) is 1. The van der Waals surface area contributed by atoms with Crippen molar-refractivity contribution >= 4 is 29.5 Å². The van der Waals surface area contributed by atoms with E-state index in [4.69, 9.17) is 9.15 Å². The highest BCUT2D eigenvalue weighted by Crippen LogP contribution is 2.16. The predicted octanol–water partition coefficient (Wildman–Crippen LogP) is 4.59. The molecule has 2 rings (SSSR count). The number of carbonyl (C=O) groups is 2. The molecule has 6 nitrogen and oxygen atoms in total. The number of furan rings is 1. The maximum Gasteiger partial charge on any atom is 0.412 e. The monoisotopic (exact) mass is 342 g/mol. The Kier molecular flexibility index (Phi) is 5.64. The SMILES string of the molecule is Cc1ccc(C=CC(=O)Nc2ccc(NC(=O)OC(C)(C)C)cc2)o1. The Morgan fingerprint density at radius 2 is 1.60 bits per heavy atom. The zero-order valence-corrected chi connectivity index (χ0v) is 14.8. The van der Waals surface area contributed by atoms with Crippen LogP contribution in [-0.2, 0) is 9.53 Å². The Bertz CT molecular complexity index is 767. The zero-order chi connectivity index (χ0) is 18.4. The van der Waals surface area contributed by atoms with Crippen molar-refractivity contribution < 1.29 is 18.7 Å². The molecule has 0 unspecified atom stereocenters. The Labute approximate surface area is 146 Å². The average Bonchev–Trinajstić information content (AvgIpc) is 2.91. The summed E-state index contributed by atoms with van der Waals surface area (Å²) in [4.78, 5) is 23.6. The number of rotatable bonds is 4. The van der Waals surface area contributed by atoms with Gasteiger partial charge in [-0.1, -0.05) is 0 Å². The summed E-state index contributed by atoms with van der Waals surface area (Å²) in [6, 6.07) is 10.4. The molecule has 0 aliphatic carbocycles. The molecule has 2 N–H and O–H groups in total. The summed E-state index contributed by atoms with van der Waals surface area (Å²) in [6.45, 7) is 7.22. The lowest BCUT2D eigenvalue weighted by Gasteiger charge is -2.19. The van der Waals surface area contributed by atoms with Crippen LogP contribution in [0.25, 0.3) is 6.08 Å². The van der Waals surface area contributed by atoms with Gasteiger partial charge in [-0.05, 0) is 70.2 Å². The van der Waals surface area contributed by atoms with Crippen molar-refractivity contribution in [2.24, 2.45) is 0 Å². The van der Waals surface area contributed by atoms with Gasteiger partial charge in [0, 0.05) is 17.5 Å². The summed E-state index contributed by atoms with van der Waals surface area (Å²) >= 11 is 0. The molecule has 2 amide bonds. The van der Waals surface area contributed by atoms with Gasteiger partial charge in [-0.3, -0.25) is 10.1 Å². The van der Waals surface area contributed by atoms with Crippen molar-refractivity contribution in [2.45, 2.75) is 33.3 Å².